The van der Waals surface area contributed by atoms with E-state index in [1.807, 2.05) is 60.4 Å². The summed E-state index contributed by atoms with van der Waals surface area (Å²) in [5, 5.41) is 0.578. The Morgan fingerprint density at radius 2 is 1.81 bits per heavy atom. The lowest BCUT2D eigenvalue weighted by Crippen LogP contribution is -2.38. The van der Waals surface area contributed by atoms with Crippen molar-refractivity contribution < 1.29 is 9.53 Å². The molecule has 1 aromatic heterocycles. The number of hydrogen-bond acceptors (Lipinski definition) is 4. The van der Waals surface area contributed by atoms with E-state index in [1.54, 1.807) is 17.7 Å². The molecule has 0 aliphatic carbocycles. The number of para-hydroxylation sites is 1. The number of rotatable bonds is 11. The Morgan fingerprint density at radius 3 is 2.50 bits per heavy atom. The molecule has 32 heavy (non-hydrogen) atoms. The molecule has 1 amide bonds. The fraction of sp³-hybridized carbons (Fsp3) is 0.423. The molecule has 1 heterocycles. The van der Waals surface area contributed by atoms with Crippen LogP contribution in [0.5, 0.6) is 0 Å². The summed E-state index contributed by atoms with van der Waals surface area (Å²) in [6.45, 7) is 5.39. The molecule has 6 heteroatoms. The lowest BCUT2D eigenvalue weighted by molar-refractivity contribution is -0.135. The quantitative estimate of drug-likeness (QED) is 0.437. The molecule has 0 saturated heterocycles. The molecule has 1 atom stereocenters. The van der Waals surface area contributed by atoms with Crippen LogP contribution in [0, 0.1) is 0 Å². The Bertz CT molecular complexity index is 1080. The van der Waals surface area contributed by atoms with E-state index in [4.69, 9.17) is 9.72 Å². The topological polar surface area (TPSA) is 64.4 Å². The largest absolute Gasteiger partial charge is 0.383 e. The van der Waals surface area contributed by atoms with E-state index in [2.05, 4.69) is 6.92 Å². The van der Waals surface area contributed by atoms with Gasteiger partial charge >= 0.3 is 0 Å². The van der Waals surface area contributed by atoms with Gasteiger partial charge in [-0.05, 0) is 30.5 Å². The molecule has 0 saturated carbocycles. The van der Waals surface area contributed by atoms with Gasteiger partial charge < -0.3 is 9.64 Å². The van der Waals surface area contributed by atoms with Gasteiger partial charge in [0.05, 0.1) is 30.1 Å². The van der Waals surface area contributed by atoms with Crippen LogP contribution in [-0.2, 0) is 22.6 Å². The molecule has 0 aliphatic heterocycles. The third kappa shape index (κ3) is 5.43. The van der Waals surface area contributed by atoms with E-state index in [-0.39, 0.29) is 17.5 Å². The number of benzene rings is 2. The fourth-order valence-electron chi connectivity index (χ4n) is 4.00. The van der Waals surface area contributed by atoms with Crippen molar-refractivity contribution in [3.63, 3.8) is 0 Å². The number of methoxy groups -OCH3 is 1. The predicted molar refractivity (Wildman–Crippen MR) is 127 cm³/mol. The van der Waals surface area contributed by atoms with Crippen molar-refractivity contribution in [2.45, 2.75) is 58.7 Å². The van der Waals surface area contributed by atoms with Gasteiger partial charge in [0, 0.05) is 20.1 Å². The highest BCUT2D eigenvalue weighted by atomic mass is 16.5. The maximum atomic E-state index is 13.4. The molecule has 170 valence electrons. The van der Waals surface area contributed by atoms with Crippen molar-refractivity contribution in [2.75, 3.05) is 13.7 Å². The maximum absolute atomic E-state index is 13.4. The highest BCUT2D eigenvalue weighted by molar-refractivity contribution is 5.78. The van der Waals surface area contributed by atoms with Gasteiger partial charge in [-0.1, -0.05) is 62.7 Å². The summed E-state index contributed by atoms with van der Waals surface area (Å²) in [5.41, 5.74) is 1.62. The summed E-state index contributed by atoms with van der Waals surface area (Å²) >= 11 is 0. The zero-order valence-electron chi connectivity index (χ0n) is 19.3. The number of hydrogen-bond donors (Lipinski definition) is 0. The molecule has 3 aromatic rings. The number of ether oxygens (including phenoxy) is 1. The number of fused-ring (bicyclic) bond motifs is 1. The van der Waals surface area contributed by atoms with Gasteiger partial charge in [0.1, 0.15) is 5.82 Å². The summed E-state index contributed by atoms with van der Waals surface area (Å²) in [6.07, 6.45) is 2.93. The minimum Gasteiger partial charge on any atom is -0.383 e. The van der Waals surface area contributed by atoms with Gasteiger partial charge in [-0.3, -0.25) is 14.2 Å². The molecule has 0 aliphatic rings. The van der Waals surface area contributed by atoms with Crippen LogP contribution < -0.4 is 5.56 Å². The smallest absolute Gasteiger partial charge is 0.261 e. The minimum atomic E-state index is -0.311. The molecule has 0 spiro atoms. The lowest BCUT2D eigenvalue weighted by Gasteiger charge is -2.32. The van der Waals surface area contributed by atoms with E-state index in [0.717, 1.165) is 18.4 Å². The maximum Gasteiger partial charge on any atom is 0.261 e. The average Bonchev–Trinajstić information content (AvgIpc) is 2.82. The fourth-order valence-corrected chi connectivity index (χ4v) is 4.00. The molecule has 3 rings (SSSR count). The summed E-state index contributed by atoms with van der Waals surface area (Å²) < 4.78 is 6.96. The van der Waals surface area contributed by atoms with E-state index in [1.165, 1.54) is 0 Å². The number of nitrogens with zero attached hydrogens (tertiary/aromatic N) is 3. The van der Waals surface area contributed by atoms with Crippen molar-refractivity contribution >= 4 is 16.8 Å². The van der Waals surface area contributed by atoms with Crippen LogP contribution >= 0.6 is 0 Å². The van der Waals surface area contributed by atoms with Gasteiger partial charge in [0.15, 0.2) is 0 Å². The van der Waals surface area contributed by atoms with Crippen molar-refractivity contribution in [1.82, 2.24) is 14.5 Å². The zero-order chi connectivity index (χ0) is 22.9. The highest BCUT2D eigenvalue weighted by Crippen LogP contribution is 2.27. The number of carbonyl (C=O) groups excluding carboxylic acids is 1. The summed E-state index contributed by atoms with van der Waals surface area (Å²) in [6, 6.07) is 17.1. The van der Waals surface area contributed by atoms with Crippen LogP contribution in [0.4, 0.5) is 0 Å². The Labute approximate surface area is 189 Å². The van der Waals surface area contributed by atoms with Gasteiger partial charge in [-0.25, -0.2) is 4.98 Å². The summed E-state index contributed by atoms with van der Waals surface area (Å²) in [4.78, 5) is 33.5. The predicted octanol–water partition coefficient (Wildman–Crippen LogP) is 4.71. The molecular weight excluding hydrogens is 402 g/mol. The van der Waals surface area contributed by atoms with E-state index in [9.17, 15) is 9.59 Å². The first-order valence-corrected chi connectivity index (χ1v) is 11.4. The molecule has 6 nitrogen and oxygen atoms in total. The van der Waals surface area contributed by atoms with Gasteiger partial charge in [0.2, 0.25) is 5.91 Å². The second-order valence-electron chi connectivity index (χ2n) is 7.97. The number of carbonyl (C=O) groups is 1. The molecule has 2 aromatic carbocycles. The van der Waals surface area contributed by atoms with Crippen molar-refractivity contribution in [3.05, 3.63) is 76.3 Å². The van der Waals surface area contributed by atoms with Crippen LogP contribution in [0.2, 0.25) is 0 Å². The molecule has 0 N–H and O–H groups in total. The van der Waals surface area contributed by atoms with E-state index >= 15 is 0 Å². The third-order valence-corrected chi connectivity index (χ3v) is 5.73. The molecule has 1 unspecified atom stereocenters. The van der Waals surface area contributed by atoms with E-state index in [0.29, 0.717) is 49.3 Å². The minimum absolute atomic E-state index is 0.0863. The first-order valence-electron chi connectivity index (χ1n) is 11.4. The zero-order valence-corrected chi connectivity index (χ0v) is 19.3. The summed E-state index contributed by atoms with van der Waals surface area (Å²) in [7, 11) is 1.62. The normalized spacial score (nSPS) is 12.1. The van der Waals surface area contributed by atoms with Crippen molar-refractivity contribution in [2.24, 2.45) is 0 Å². The first-order chi connectivity index (χ1) is 15.6. The first kappa shape index (κ1) is 23.7. The van der Waals surface area contributed by atoms with Gasteiger partial charge in [0.25, 0.3) is 5.56 Å². The SMILES string of the molecule is CCCCC(=O)N(Cc1ccccc1)C(CC)c1nc2ccccc2c(=O)n1CCOC. The van der Waals surface area contributed by atoms with E-state index < -0.39 is 0 Å². The summed E-state index contributed by atoms with van der Waals surface area (Å²) in [5.74, 6) is 0.706. The molecular formula is C26H33N3O3. The van der Waals surface area contributed by atoms with Gasteiger partial charge in [-0.15, -0.1) is 0 Å². The second-order valence-corrected chi connectivity index (χ2v) is 7.97. The third-order valence-electron chi connectivity index (χ3n) is 5.73. The number of aromatic nitrogens is 2. The van der Waals surface area contributed by atoms with Crippen LogP contribution in [0.25, 0.3) is 10.9 Å². The highest BCUT2D eigenvalue weighted by Gasteiger charge is 2.28. The monoisotopic (exact) mass is 435 g/mol. The van der Waals surface area contributed by atoms with Gasteiger partial charge in [-0.2, -0.15) is 0 Å². The van der Waals surface area contributed by atoms with Crippen LogP contribution in [0.1, 0.15) is 57.0 Å². The molecule has 0 bridgehead atoms. The average molecular weight is 436 g/mol. The molecule has 0 fully saturated rings. The Balaban J connectivity index is 2.12. The lowest BCUT2D eigenvalue weighted by atomic mass is 10.1. The van der Waals surface area contributed by atoms with Crippen molar-refractivity contribution in [1.29, 1.82) is 0 Å². The second kappa shape index (κ2) is 11.6. The van der Waals surface area contributed by atoms with Crippen LogP contribution in [0.15, 0.2) is 59.4 Å². The van der Waals surface area contributed by atoms with Crippen LogP contribution in [0.3, 0.4) is 0 Å². The van der Waals surface area contributed by atoms with Crippen molar-refractivity contribution in [3.8, 4) is 0 Å². The Hall–Kier alpha value is -2.99. The Kier molecular flexibility index (Phi) is 8.56. The standard InChI is InChI=1S/C26H33N3O3/c1-4-6-16-24(30)29(19-20-12-8-7-9-13-20)23(5-2)25-27-22-15-11-10-14-21(22)26(31)28(25)17-18-32-3/h7-15,23H,4-6,16-19H2,1-3H3. The Morgan fingerprint density at radius 1 is 1.09 bits per heavy atom. The number of amides is 1. The number of unbranched alkanes of at least 4 members (excludes halogenated alkanes) is 1. The van der Waals surface area contributed by atoms with Crippen LogP contribution in [-0.4, -0.2) is 34.1 Å². The molecule has 0 radical (unpaired) electrons.